The van der Waals surface area contributed by atoms with E-state index in [0.29, 0.717) is 51.2 Å². The van der Waals surface area contributed by atoms with Crippen LogP contribution in [0, 0.1) is 19.8 Å². The molecule has 18 heteroatoms. The maximum absolute atomic E-state index is 13.8. The number of aryl methyl sites for hydroxylation is 2. The molecule has 2 aliphatic rings. The summed E-state index contributed by atoms with van der Waals surface area (Å²) < 4.78 is 70.2. The molecular weight excluding hydrogens is 845 g/mol. The number of amides is 4. The molecule has 0 radical (unpaired) electrons. The van der Waals surface area contributed by atoms with Gasteiger partial charge in [0.2, 0.25) is 5.91 Å². The zero-order valence-corrected chi connectivity index (χ0v) is 37.0. The van der Waals surface area contributed by atoms with E-state index in [9.17, 15) is 36.0 Å². The number of carbonyl (C=O) groups is 4. The van der Waals surface area contributed by atoms with Gasteiger partial charge in [-0.3, -0.25) is 14.4 Å². The van der Waals surface area contributed by atoms with Crippen LogP contribution in [0.4, 0.5) is 4.79 Å². The van der Waals surface area contributed by atoms with Gasteiger partial charge >= 0.3 is 6.03 Å². The molecule has 15 nitrogen and oxygen atoms in total. The zero-order chi connectivity index (χ0) is 43.8. The van der Waals surface area contributed by atoms with E-state index >= 15 is 0 Å². The highest BCUT2D eigenvalue weighted by molar-refractivity contribution is 8.00. The van der Waals surface area contributed by atoms with Crippen LogP contribution in [0.5, 0.6) is 0 Å². The number of benzene rings is 3. The third kappa shape index (κ3) is 14.9. The Hall–Kier alpha value is -4.33. The second kappa shape index (κ2) is 23.2. The molecule has 0 spiro atoms. The molecule has 5 rings (SSSR count). The van der Waals surface area contributed by atoms with Gasteiger partial charge in [-0.25, -0.2) is 21.6 Å². The van der Waals surface area contributed by atoms with Crippen molar-refractivity contribution in [1.29, 1.82) is 0 Å². The first-order valence-corrected chi connectivity index (χ1v) is 24.8. The summed E-state index contributed by atoms with van der Waals surface area (Å²) in [4.78, 5) is 50.2. The quantitative estimate of drug-likeness (QED) is 0.0517. The number of fused-ring (bicyclic) bond motifs is 1. The fourth-order valence-electron chi connectivity index (χ4n) is 6.94. The number of hydrogen-bond acceptors (Lipinski definition) is 12. The molecular formula is C43H56N4O11S3. The highest BCUT2D eigenvalue weighted by Gasteiger charge is 2.42. The summed E-state index contributed by atoms with van der Waals surface area (Å²) in [6, 6.07) is 18.2. The van der Waals surface area contributed by atoms with Crippen molar-refractivity contribution in [2.75, 3.05) is 70.0 Å². The molecule has 0 bridgehead atoms. The van der Waals surface area contributed by atoms with Crippen molar-refractivity contribution < 1.29 is 50.2 Å². The standard InChI is InChI=1S/C43H56N4O11S3/c1-30-7-15-35(16-8-30)60(52,53)28-34(29-61(54,55)36-17-9-31(2)10-18-36)41(49)32-11-13-33(14-12-32)42(50)45-20-22-57-24-26-58-25-23-56-21-19-44-39(48)6-4-3-5-38-40-37(27-59-38)46-43(51)47-40/h7-18,34,37-38,40H,3-6,19-29H2,1-2H3,(H,44,48)(H,45,50)(H2,46,47,51)/t37-,38?,40+/m1/s1. The van der Waals surface area contributed by atoms with Crippen LogP contribution in [0.25, 0.3) is 0 Å². The number of ketones is 1. The lowest BCUT2D eigenvalue weighted by molar-refractivity contribution is -0.121. The minimum Gasteiger partial charge on any atom is -0.377 e. The van der Waals surface area contributed by atoms with Crippen molar-refractivity contribution in [3.8, 4) is 0 Å². The number of thioether (sulfide) groups is 1. The van der Waals surface area contributed by atoms with Gasteiger partial charge in [-0.1, -0.05) is 53.9 Å². The van der Waals surface area contributed by atoms with Crippen molar-refractivity contribution in [1.82, 2.24) is 21.3 Å². The van der Waals surface area contributed by atoms with Crippen molar-refractivity contribution in [2.24, 2.45) is 5.92 Å². The lowest BCUT2D eigenvalue weighted by Gasteiger charge is -2.17. The van der Waals surface area contributed by atoms with Gasteiger partial charge < -0.3 is 35.5 Å². The van der Waals surface area contributed by atoms with E-state index in [1.54, 1.807) is 24.3 Å². The first kappa shape index (κ1) is 47.7. The largest absolute Gasteiger partial charge is 0.377 e. The maximum atomic E-state index is 13.8. The van der Waals surface area contributed by atoms with Crippen molar-refractivity contribution in [3.05, 3.63) is 95.1 Å². The lowest BCUT2D eigenvalue weighted by Crippen LogP contribution is -2.36. The van der Waals surface area contributed by atoms with Gasteiger partial charge in [0.05, 0.1) is 78.9 Å². The number of nitrogens with one attached hydrogen (secondary N) is 4. The Kier molecular flexibility index (Phi) is 18.2. The predicted molar refractivity (Wildman–Crippen MR) is 232 cm³/mol. The molecule has 2 saturated heterocycles. The maximum Gasteiger partial charge on any atom is 0.315 e. The van der Waals surface area contributed by atoms with Gasteiger partial charge in [0.15, 0.2) is 25.5 Å². The van der Waals surface area contributed by atoms with Crippen LogP contribution in [0.2, 0.25) is 0 Å². The molecule has 3 aromatic rings. The topological polar surface area (TPSA) is 212 Å². The Morgan fingerprint density at radius 2 is 1.20 bits per heavy atom. The number of sulfone groups is 2. The zero-order valence-electron chi connectivity index (χ0n) is 34.6. The number of unbranched alkanes of at least 4 members (excludes halogenated alkanes) is 1. The van der Waals surface area contributed by atoms with Crippen molar-refractivity contribution in [3.63, 3.8) is 0 Å². The van der Waals surface area contributed by atoms with Crippen molar-refractivity contribution in [2.45, 2.75) is 66.7 Å². The number of Topliss-reactive ketones (excluding diaryl/α,β-unsaturated/α-hetero) is 1. The molecule has 2 fully saturated rings. The molecule has 1 unspecified atom stereocenters. The first-order valence-electron chi connectivity index (χ1n) is 20.4. The van der Waals surface area contributed by atoms with Crippen LogP contribution >= 0.6 is 11.8 Å². The highest BCUT2D eigenvalue weighted by Crippen LogP contribution is 2.33. The Morgan fingerprint density at radius 1 is 0.689 bits per heavy atom. The monoisotopic (exact) mass is 900 g/mol. The number of urea groups is 1. The fraction of sp³-hybridized carbons (Fsp3) is 0.488. The van der Waals surface area contributed by atoms with Crippen LogP contribution in [-0.4, -0.2) is 128 Å². The van der Waals surface area contributed by atoms with Crippen LogP contribution < -0.4 is 21.3 Å². The van der Waals surface area contributed by atoms with Gasteiger partial charge in [-0.05, 0) is 63.1 Å². The lowest BCUT2D eigenvalue weighted by atomic mass is 9.99. The normalized spacial score (nSPS) is 17.4. The second-order valence-electron chi connectivity index (χ2n) is 15.1. The molecule has 2 aliphatic heterocycles. The third-order valence-electron chi connectivity index (χ3n) is 10.3. The third-order valence-corrected chi connectivity index (χ3v) is 15.5. The molecule has 0 saturated carbocycles. The van der Waals surface area contributed by atoms with Crippen LogP contribution in [0.15, 0.2) is 82.6 Å². The van der Waals surface area contributed by atoms with Gasteiger partial charge in [-0.2, -0.15) is 11.8 Å². The predicted octanol–water partition coefficient (Wildman–Crippen LogP) is 3.67. The number of ether oxygens (including phenoxy) is 3. The summed E-state index contributed by atoms with van der Waals surface area (Å²) in [5.41, 5.74) is 2.03. The van der Waals surface area contributed by atoms with Crippen molar-refractivity contribution >= 4 is 55.1 Å². The van der Waals surface area contributed by atoms with Gasteiger partial charge in [0.1, 0.15) is 0 Å². The number of carbonyl (C=O) groups excluding carboxylic acids is 4. The Labute approximate surface area is 362 Å². The van der Waals surface area contributed by atoms with Crippen LogP contribution in [0.1, 0.15) is 57.5 Å². The summed E-state index contributed by atoms with van der Waals surface area (Å²) >= 11 is 1.87. The Bertz CT molecular complexity index is 2070. The van der Waals surface area contributed by atoms with E-state index < -0.39 is 48.8 Å². The van der Waals surface area contributed by atoms with E-state index in [1.165, 1.54) is 48.5 Å². The smallest absolute Gasteiger partial charge is 0.315 e. The van der Waals surface area contributed by atoms with Gasteiger partial charge in [0.25, 0.3) is 5.91 Å². The molecule has 4 amide bonds. The SMILES string of the molecule is Cc1ccc(S(=O)(=O)CC(CS(=O)(=O)c2ccc(C)cc2)C(=O)c2ccc(C(=O)NCCOCCOCCOCCNC(=O)CCCCC3SC[C@H]4NC(=O)N[C@H]34)cc2)cc1. The average molecular weight is 901 g/mol. The number of hydrogen-bond donors (Lipinski definition) is 4. The Balaban J connectivity index is 0.936. The van der Waals surface area contributed by atoms with E-state index in [0.717, 1.165) is 36.1 Å². The highest BCUT2D eigenvalue weighted by atomic mass is 32.2. The molecule has 0 aromatic heterocycles. The minimum atomic E-state index is -4.04. The van der Waals surface area contributed by atoms with E-state index in [1.807, 2.05) is 25.6 Å². The van der Waals surface area contributed by atoms with Gasteiger partial charge in [0, 0.05) is 41.6 Å². The minimum absolute atomic E-state index is 0.00745. The first-order chi connectivity index (χ1) is 29.2. The molecule has 3 atom stereocenters. The summed E-state index contributed by atoms with van der Waals surface area (Å²) in [6.45, 7) is 6.20. The fourth-order valence-corrected chi connectivity index (χ4v) is 11.7. The Morgan fingerprint density at radius 3 is 1.75 bits per heavy atom. The average Bonchev–Trinajstić information content (AvgIpc) is 3.79. The second-order valence-corrected chi connectivity index (χ2v) is 20.5. The summed E-state index contributed by atoms with van der Waals surface area (Å²) in [5.74, 6) is -3.00. The number of rotatable bonds is 26. The molecule has 332 valence electrons. The summed E-state index contributed by atoms with van der Waals surface area (Å²) in [7, 11) is -8.08. The van der Waals surface area contributed by atoms with E-state index in [-0.39, 0.29) is 58.1 Å². The van der Waals surface area contributed by atoms with Crippen LogP contribution in [-0.2, 0) is 38.7 Å². The molecule has 61 heavy (non-hydrogen) atoms. The molecule has 4 N–H and O–H groups in total. The van der Waals surface area contributed by atoms with Gasteiger partial charge in [-0.15, -0.1) is 0 Å². The van der Waals surface area contributed by atoms with Crippen LogP contribution in [0.3, 0.4) is 0 Å². The van der Waals surface area contributed by atoms with E-state index in [4.69, 9.17) is 14.2 Å². The molecule has 0 aliphatic carbocycles. The van der Waals surface area contributed by atoms with E-state index in [2.05, 4.69) is 21.3 Å². The molecule has 2 heterocycles. The summed E-state index contributed by atoms with van der Waals surface area (Å²) in [6.07, 6.45) is 3.16. The molecule has 3 aromatic carbocycles. The summed E-state index contributed by atoms with van der Waals surface area (Å²) in [5, 5.41) is 11.9.